The largest absolute Gasteiger partial charge is 0.271 e. The number of hydrogen-bond acceptors (Lipinski definition) is 8. The molecule has 0 aliphatic rings. The average Bonchev–Trinajstić information content (AvgIpc) is 0.664. The predicted octanol–water partition coefficient (Wildman–Crippen LogP) is 26.8. The summed E-state index contributed by atoms with van der Waals surface area (Å²) in [4.78, 5) is 130. The third-order valence-corrected chi connectivity index (χ3v) is 28.7. The normalized spacial score (nSPS) is 13.1. The Morgan fingerprint density at radius 3 is 0.559 bits per heavy atom. The summed E-state index contributed by atoms with van der Waals surface area (Å²) in [5.74, 6) is 0. The highest BCUT2D eigenvalue weighted by atomic mass is 16.2. The van der Waals surface area contributed by atoms with Crippen molar-refractivity contribution >= 4 is 194 Å². The Morgan fingerprint density at radius 2 is 0.331 bits per heavy atom. The number of rotatable bonds is 36. The van der Waals surface area contributed by atoms with Crippen molar-refractivity contribution < 1.29 is 0 Å². The maximum atomic E-state index is 16.6. The first-order valence-corrected chi connectivity index (χ1v) is 45.8. The summed E-state index contributed by atoms with van der Waals surface area (Å²) < 4.78 is 6.48. The first kappa shape index (κ1) is 77.5. The molecule has 0 amide bonds. The number of nitrogens with zero attached hydrogens (tertiary/aromatic N) is 4. The van der Waals surface area contributed by atoms with Gasteiger partial charge in [-0.3, -0.25) is 56.6 Å². The van der Waals surface area contributed by atoms with E-state index in [1.807, 2.05) is 24.3 Å². The van der Waals surface area contributed by atoms with E-state index in [1.54, 1.807) is 18.3 Å². The Morgan fingerprint density at radius 1 is 0.169 bits per heavy atom. The number of unbranched alkanes of at least 4 members (excludes halogenated alkanes) is 16. The van der Waals surface area contributed by atoms with Crippen LogP contribution in [0.2, 0.25) is 0 Å². The molecule has 19 aromatic rings. The van der Waals surface area contributed by atoms with Crippen LogP contribution in [0.4, 0.5) is 0 Å². The highest BCUT2D eigenvalue weighted by Gasteiger charge is 2.35. The molecular formula is C106H110N4O8. The fourth-order valence-electron chi connectivity index (χ4n) is 23.0. The van der Waals surface area contributed by atoms with Crippen molar-refractivity contribution in [3.63, 3.8) is 0 Å². The van der Waals surface area contributed by atoms with Crippen LogP contribution in [0.25, 0.3) is 194 Å². The first-order valence-electron chi connectivity index (χ1n) is 45.8. The zero-order chi connectivity index (χ0) is 81.4. The van der Waals surface area contributed by atoms with Gasteiger partial charge >= 0.3 is 0 Å². The molecule has 602 valence electrons. The Hall–Kier alpha value is -10.5. The molecule has 4 heterocycles. The van der Waals surface area contributed by atoms with E-state index in [1.165, 1.54) is 0 Å². The first-order chi connectivity index (χ1) is 57.7. The van der Waals surface area contributed by atoms with Crippen LogP contribution in [0.5, 0.6) is 0 Å². The standard InChI is InChI=1S/C106H110N4O8/c1-9-17-25-33-61(34-26-18-10-2)107-99(111)71-51-47-65-67-49-53-73-89-81(105(117)109(101(73)113)63(37-29-21-13-5)38-30-22-14-6)57-77-85-69(75-55-79(103(107)115)87(71)91(65)95(75)97(77)93(67)89)45-43-59-41-42-60-44-46-70-76-56-80-88-72(100(112)108(104(80)116)62(35-27-19-11-3)36-28-20-12-4)52-48-66-68-50-54-74-90-82(106(118)110(102(74)114)64(39-31-23-15-7)40-32-24-16-8)58-78(86(70)84(60)83(59)85)98(94(68)90)96(76)92(66)88/h41-58,61-64H,9-40H2,1-8H3. The van der Waals surface area contributed by atoms with Crippen molar-refractivity contribution in [2.24, 2.45) is 0 Å². The molecule has 0 atom stereocenters. The van der Waals surface area contributed by atoms with Gasteiger partial charge in [0.2, 0.25) is 0 Å². The Balaban J connectivity index is 1.04. The molecule has 4 aromatic heterocycles. The Bertz CT molecular complexity index is 7190. The second kappa shape index (κ2) is 31.0. The maximum Gasteiger partial charge on any atom is 0.261 e. The third-order valence-electron chi connectivity index (χ3n) is 28.7. The summed E-state index contributed by atoms with van der Waals surface area (Å²) in [5.41, 5.74) is -2.31. The summed E-state index contributed by atoms with van der Waals surface area (Å²) in [6, 6.07) is 36.3. The topological polar surface area (TPSA) is 156 Å². The smallest absolute Gasteiger partial charge is 0.261 e. The van der Waals surface area contributed by atoms with E-state index in [2.05, 4.69) is 140 Å². The monoisotopic (exact) mass is 1570 g/mol. The highest BCUT2D eigenvalue weighted by molar-refractivity contribution is 6.54. The van der Waals surface area contributed by atoms with Crippen LogP contribution in [-0.2, 0) is 0 Å². The van der Waals surface area contributed by atoms with Gasteiger partial charge in [-0.05, 0) is 229 Å². The molecule has 0 saturated heterocycles. The molecule has 0 bridgehead atoms. The van der Waals surface area contributed by atoms with Gasteiger partial charge in [-0.1, -0.05) is 270 Å². The van der Waals surface area contributed by atoms with Crippen LogP contribution < -0.4 is 44.5 Å². The van der Waals surface area contributed by atoms with Gasteiger partial charge in [0.05, 0.1) is 0 Å². The fraction of sp³-hybridized carbons (Fsp3) is 0.415. The van der Waals surface area contributed by atoms with E-state index in [0.29, 0.717) is 116 Å². The second-order valence-corrected chi connectivity index (χ2v) is 35.8. The number of aromatic nitrogens is 4. The van der Waals surface area contributed by atoms with Crippen LogP contribution in [0.3, 0.4) is 0 Å². The third kappa shape index (κ3) is 11.5. The van der Waals surface area contributed by atoms with Gasteiger partial charge in [0.25, 0.3) is 44.5 Å². The Labute approximate surface area is 685 Å². The SMILES string of the molecule is CCCCCC(CCCCC)n1c(=O)c2ccc3c4ccc5c(=O)n(C(CCCCC)CCCCC)c(=O)c6cc7c8c(ccc9ccc%10ccc%11c%12cc%13c(=O)n(C(CCCCC)CCCCC)c(=O)c%14ccc%15c%16ccc%17c(=O)n(C(CCCCC)CCCCC)c(=O)c%18cc(c%11c%10c98)c(c%16c%17%18)c%12c%15c%14%13)c8cc(c1=O)c2c3c8c7c4c56. The number of benzene rings is 15. The minimum absolute atomic E-state index is 0.273. The molecule has 15 aromatic carbocycles. The number of pyridine rings is 4. The summed E-state index contributed by atoms with van der Waals surface area (Å²) in [5, 5.41) is 26.6. The van der Waals surface area contributed by atoms with E-state index >= 15 is 38.4 Å². The minimum atomic E-state index is -0.326. The Kier molecular flexibility index (Phi) is 20.4. The highest BCUT2D eigenvalue weighted by Crippen LogP contribution is 2.56. The number of fused-ring (bicyclic) bond motifs is 13. The molecular weight excluding hydrogens is 1460 g/mol. The molecule has 0 aliphatic heterocycles. The van der Waals surface area contributed by atoms with E-state index < -0.39 is 0 Å². The minimum Gasteiger partial charge on any atom is -0.271 e. The summed E-state index contributed by atoms with van der Waals surface area (Å²) >= 11 is 0. The molecule has 0 radical (unpaired) electrons. The van der Waals surface area contributed by atoms with Crippen molar-refractivity contribution in [3.05, 3.63) is 192 Å². The van der Waals surface area contributed by atoms with Crippen LogP contribution in [0.1, 0.15) is 285 Å². The molecule has 0 N–H and O–H groups in total. The predicted molar refractivity (Wildman–Crippen MR) is 502 cm³/mol. The van der Waals surface area contributed by atoms with Crippen molar-refractivity contribution in [2.75, 3.05) is 0 Å². The van der Waals surface area contributed by atoms with Gasteiger partial charge in [0.1, 0.15) is 0 Å². The summed E-state index contributed by atoms with van der Waals surface area (Å²) in [6.07, 6.45) is 28.6. The van der Waals surface area contributed by atoms with Gasteiger partial charge in [-0.2, -0.15) is 0 Å². The van der Waals surface area contributed by atoms with Gasteiger partial charge in [-0.25, -0.2) is 0 Å². The molecule has 12 heteroatoms. The van der Waals surface area contributed by atoms with Crippen molar-refractivity contribution in [2.45, 2.75) is 285 Å². The van der Waals surface area contributed by atoms with Gasteiger partial charge < -0.3 is 0 Å². The lowest BCUT2D eigenvalue weighted by Gasteiger charge is -2.26. The van der Waals surface area contributed by atoms with Crippen LogP contribution >= 0.6 is 0 Å². The fourth-order valence-corrected chi connectivity index (χ4v) is 23.0. The van der Waals surface area contributed by atoms with Gasteiger partial charge in [0.15, 0.2) is 0 Å². The lowest BCUT2D eigenvalue weighted by Crippen LogP contribution is -2.37. The maximum absolute atomic E-state index is 16.6. The number of hydrogen-bond donors (Lipinski definition) is 0. The quantitative estimate of drug-likeness (QED) is 0.0213. The van der Waals surface area contributed by atoms with Crippen LogP contribution in [0, 0.1) is 0 Å². The zero-order valence-electron chi connectivity index (χ0n) is 70.4. The summed E-state index contributed by atoms with van der Waals surface area (Å²) in [7, 11) is 0. The molecule has 0 fully saturated rings. The van der Waals surface area contributed by atoms with E-state index in [-0.39, 0.29) is 68.6 Å². The average molecular weight is 1570 g/mol. The van der Waals surface area contributed by atoms with Gasteiger partial charge in [-0.15, -0.1) is 0 Å². The van der Waals surface area contributed by atoms with Crippen molar-refractivity contribution in [3.8, 4) is 0 Å². The molecule has 0 aliphatic carbocycles. The van der Waals surface area contributed by atoms with E-state index in [0.717, 1.165) is 283 Å². The second-order valence-electron chi connectivity index (χ2n) is 35.8. The van der Waals surface area contributed by atoms with Crippen molar-refractivity contribution in [1.29, 1.82) is 0 Å². The molecule has 0 saturated carbocycles. The van der Waals surface area contributed by atoms with Crippen LogP contribution in [0.15, 0.2) is 148 Å². The lowest BCUT2D eigenvalue weighted by molar-refractivity contribution is 0.387. The van der Waals surface area contributed by atoms with E-state index in [9.17, 15) is 0 Å². The van der Waals surface area contributed by atoms with Crippen molar-refractivity contribution in [1.82, 2.24) is 18.3 Å². The van der Waals surface area contributed by atoms with Gasteiger partial charge in [0, 0.05) is 88.8 Å². The molecule has 0 unspecified atom stereocenters. The molecule has 19 rings (SSSR count). The zero-order valence-corrected chi connectivity index (χ0v) is 70.4. The molecule has 0 spiro atoms. The van der Waals surface area contributed by atoms with Crippen LogP contribution in [-0.4, -0.2) is 18.3 Å². The molecule has 118 heavy (non-hydrogen) atoms. The lowest BCUT2D eigenvalue weighted by atomic mass is 9.78. The summed E-state index contributed by atoms with van der Waals surface area (Å²) in [6.45, 7) is 17.5. The van der Waals surface area contributed by atoms with E-state index in [4.69, 9.17) is 0 Å². The molecule has 12 nitrogen and oxygen atoms in total.